The van der Waals surface area contributed by atoms with Crippen molar-refractivity contribution < 1.29 is 8.42 Å². The molecule has 114 valence electrons. The maximum Gasteiger partial charge on any atom is 0.211 e. The van der Waals surface area contributed by atoms with E-state index < -0.39 is 10.0 Å². The predicted molar refractivity (Wildman–Crippen MR) is 87.8 cm³/mol. The highest BCUT2D eigenvalue weighted by Crippen LogP contribution is 2.23. The van der Waals surface area contributed by atoms with E-state index in [-0.39, 0.29) is 5.75 Å². The fraction of sp³-hybridized carbons (Fsp3) is 0.385. The van der Waals surface area contributed by atoms with Gasteiger partial charge in [0.1, 0.15) is 12.1 Å². The average Bonchev–Trinajstić information content (AvgIpc) is 2.47. The van der Waals surface area contributed by atoms with Gasteiger partial charge < -0.3 is 5.32 Å². The molecule has 0 spiro atoms. The van der Waals surface area contributed by atoms with Gasteiger partial charge in [0.05, 0.1) is 11.3 Å². The molecule has 0 atom stereocenters. The minimum atomic E-state index is -3.11. The normalized spacial score (nSPS) is 11.7. The topological polar surface area (TPSA) is 84.0 Å². The molecule has 1 aromatic heterocycles. The molecule has 0 saturated carbocycles. The fourth-order valence-corrected chi connectivity index (χ4v) is 2.82. The van der Waals surface area contributed by atoms with Gasteiger partial charge in [0.2, 0.25) is 10.0 Å². The molecule has 0 bridgehead atoms. The lowest BCUT2D eigenvalue weighted by atomic mass is 10.2. The van der Waals surface area contributed by atoms with Crippen LogP contribution in [0.3, 0.4) is 0 Å². The Balaban J connectivity index is 1.93. The van der Waals surface area contributed by atoms with Crippen molar-refractivity contribution in [1.29, 1.82) is 0 Å². The third-order valence-corrected chi connectivity index (χ3v) is 4.84. The van der Waals surface area contributed by atoms with E-state index in [0.717, 1.165) is 21.2 Å². The molecule has 1 heterocycles. The summed E-state index contributed by atoms with van der Waals surface area (Å²) in [4.78, 5) is 8.44. The van der Waals surface area contributed by atoms with Crippen LogP contribution in [0.1, 0.15) is 13.3 Å². The lowest BCUT2D eigenvalue weighted by molar-refractivity contribution is 0.581. The summed E-state index contributed by atoms with van der Waals surface area (Å²) in [5.41, 5.74) is 0.863. The molecule has 2 aromatic rings. The van der Waals surface area contributed by atoms with E-state index in [1.807, 2.05) is 18.2 Å². The number of anilines is 1. The second-order valence-electron chi connectivity index (χ2n) is 4.46. The maximum atomic E-state index is 11.3. The number of hydrogen-bond acceptors (Lipinski definition) is 5. The van der Waals surface area contributed by atoms with Crippen LogP contribution in [0.5, 0.6) is 0 Å². The molecule has 2 N–H and O–H groups in total. The van der Waals surface area contributed by atoms with Crippen molar-refractivity contribution in [1.82, 2.24) is 14.7 Å². The van der Waals surface area contributed by atoms with Crippen molar-refractivity contribution in [3.8, 4) is 0 Å². The summed E-state index contributed by atoms with van der Waals surface area (Å²) in [6.45, 7) is 2.66. The minimum Gasteiger partial charge on any atom is -0.369 e. The van der Waals surface area contributed by atoms with Gasteiger partial charge in [-0.3, -0.25) is 0 Å². The smallest absolute Gasteiger partial charge is 0.211 e. The van der Waals surface area contributed by atoms with Crippen molar-refractivity contribution in [2.75, 3.05) is 24.2 Å². The summed E-state index contributed by atoms with van der Waals surface area (Å²) in [6.07, 6.45) is 2.19. The van der Waals surface area contributed by atoms with E-state index in [2.05, 4.69) is 35.9 Å². The van der Waals surface area contributed by atoms with Gasteiger partial charge in [0.25, 0.3) is 0 Å². The Morgan fingerprint density at radius 2 is 2.05 bits per heavy atom. The number of nitrogens with zero attached hydrogens (tertiary/aromatic N) is 2. The van der Waals surface area contributed by atoms with Crippen LogP contribution in [0.2, 0.25) is 0 Å². The Morgan fingerprint density at radius 1 is 1.24 bits per heavy atom. The third kappa shape index (κ3) is 4.62. The van der Waals surface area contributed by atoms with E-state index in [1.54, 1.807) is 6.92 Å². The van der Waals surface area contributed by atoms with Gasteiger partial charge in [-0.05, 0) is 31.5 Å². The SMILES string of the molecule is CCS(=O)(=O)NCCCNc1ncnc2ccc(Br)cc12. The van der Waals surface area contributed by atoms with Crippen molar-refractivity contribution in [3.63, 3.8) is 0 Å². The Hall–Kier alpha value is -1.25. The van der Waals surface area contributed by atoms with Gasteiger partial charge in [-0.2, -0.15) is 0 Å². The van der Waals surface area contributed by atoms with Crippen LogP contribution < -0.4 is 10.0 Å². The second kappa shape index (κ2) is 7.15. The van der Waals surface area contributed by atoms with Crippen LogP contribution in [0, 0.1) is 0 Å². The monoisotopic (exact) mass is 372 g/mol. The number of hydrogen-bond donors (Lipinski definition) is 2. The molecular formula is C13H17BrN4O2S. The van der Waals surface area contributed by atoms with Crippen molar-refractivity contribution in [3.05, 3.63) is 29.0 Å². The molecule has 2 rings (SSSR count). The molecule has 0 aliphatic rings. The summed E-state index contributed by atoms with van der Waals surface area (Å²) in [5.74, 6) is 0.852. The van der Waals surface area contributed by atoms with Crippen molar-refractivity contribution in [2.45, 2.75) is 13.3 Å². The number of fused-ring (bicyclic) bond motifs is 1. The predicted octanol–water partition coefficient (Wildman–Crippen LogP) is 2.13. The zero-order valence-electron chi connectivity index (χ0n) is 11.6. The molecule has 0 saturated heterocycles. The molecule has 0 fully saturated rings. The first-order valence-electron chi connectivity index (χ1n) is 6.63. The summed E-state index contributed by atoms with van der Waals surface area (Å²) in [7, 11) is -3.11. The van der Waals surface area contributed by atoms with Gasteiger partial charge in [0.15, 0.2) is 0 Å². The Kier molecular flexibility index (Phi) is 5.49. The van der Waals surface area contributed by atoms with Crippen LogP contribution in [-0.4, -0.2) is 37.2 Å². The van der Waals surface area contributed by atoms with Crippen LogP contribution in [-0.2, 0) is 10.0 Å². The zero-order valence-corrected chi connectivity index (χ0v) is 14.0. The molecule has 0 aliphatic carbocycles. The first kappa shape index (κ1) is 16.1. The van der Waals surface area contributed by atoms with Crippen LogP contribution >= 0.6 is 15.9 Å². The summed E-state index contributed by atoms with van der Waals surface area (Å²) >= 11 is 3.43. The highest BCUT2D eigenvalue weighted by Gasteiger charge is 2.06. The molecule has 0 unspecified atom stereocenters. The third-order valence-electron chi connectivity index (χ3n) is 2.95. The molecule has 0 amide bonds. The molecule has 6 nitrogen and oxygen atoms in total. The number of nitrogens with one attached hydrogen (secondary N) is 2. The van der Waals surface area contributed by atoms with E-state index in [4.69, 9.17) is 0 Å². The number of rotatable bonds is 7. The molecular weight excluding hydrogens is 356 g/mol. The largest absolute Gasteiger partial charge is 0.369 e. The molecule has 8 heteroatoms. The van der Waals surface area contributed by atoms with E-state index in [9.17, 15) is 8.42 Å². The van der Waals surface area contributed by atoms with Crippen molar-refractivity contribution in [2.24, 2.45) is 0 Å². The fourth-order valence-electron chi connectivity index (χ4n) is 1.79. The van der Waals surface area contributed by atoms with Crippen LogP contribution in [0.15, 0.2) is 29.0 Å². The second-order valence-corrected chi connectivity index (χ2v) is 7.47. The lowest BCUT2D eigenvalue weighted by Gasteiger charge is -2.09. The summed E-state index contributed by atoms with van der Waals surface area (Å²) in [6, 6.07) is 5.80. The lowest BCUT2D eigenvalue weighted by Crippen LogP contribution is -2.27. The Labute approximate surface area is 132 Å². The minimum absolute atomic E-state index is 0.102. The van der Waals surface area contributed by atoms with E-state index >= 15 is 0 Å². The highest BCUT2D eigenvalue weighted by atomic mass is 79.9. The highest BCUT2D eigenvalue weighted by molar-refractivity contribution is 9.10. The van der Waals surface area contributed by atoms with Gasteiger partial charge >= 0.3 is 0 Å². The van der Waals surface area contributed by atoms with Crippen LogP contribution in [0.25, 0.3) is 10.9 Å². The summed E-state index contributed by atoms with van der Waals surface area (Å²) < 4.78 is 26.1. The Morgan fingerprint density at radius 3 is 2.81 bits per heavy atom. The van der Waals surface area contributed by atoms with E-state index in [1.165, 1.54) is 6.33 Å². The number of aromatic nitrogens is 2. The van der Waals surface area contributed by atoms with E-state index in [0.29, 0.717) is 19.5 Å². The van der Waals surface area contributed by atoms with Gasteiger partial charge in [-0.1, -0.05) is 15.9 Å². The molecule has 21 heavy (non-hydrogen) atoms. The Bertz CT molecular complexity index is 721. The van der Waals surface area contributed by atoms with Gasteiger partial charge in [-0.25, -0.2) is 23.1 Å². The maximum absolute atomic E-state index is 11.3. The molecule has 0 radical (unpaired) electrons. The van der Waals surface area contributed by atoms with Gasteiger partial charge in [-0.15, -0.1) is 0 Å². The number of sulfonamides is 1. The zero-order chi connectivity index (χ0) is 15.3. The number of benzene rings is 1. The summed E-state index contributed by atoms with van der Waals surface area (Å²) in [5, 5.41) is 4.14. The van der Waals surface area contributed by atoms with Gasteiger partial charge in [0, 0.05) is 22.9 Å². The number of halogens is 1. The van der Waals surface area contributed by atoms with Crippen molar-refractivity contribution >= 4 is 42.7 Å². The average molecular weight is 373 g/mol. The molecule has 0 aliphatic heterocycles. The quantitative estimate of drug-likeness (QED) is 0.727. The first-order valence-corrected chi connectivity index (χ1v) is 9.08. The standard InChI is InChI=1S/C13H17BrN4O2S/c1-2-21(19,20)18-7-3-6-15-13-11-8-10(14)4-5-12(11)16-9-17-13/h4-5,8-9,18H,2-3,6-7H2,1H3,(H,15,16,17). The first-order chi connectivity index (χ1) is 10.0. The molecule has 1 aromatic carbocycles. The van der Waals surface area contributed by atoms with Crippen LogP contribution in [0.4, 0.5) is 5.82 Å².